The summed E-state index contributed by atoms with van der Waals surface area (Å²) in [5.41, 5.74) is 10.7. The first-order chi connectivity index (χ1) is 16.4. The van der Waals surface area contributed by atoms with Gasteiger partial charge in [0.1, 0.15) is 23.1 Å². The van der Waals surface area contributed by atoms with E-state index in [4.69, 9.17) is 27.4 Å². The molecule has 1 saturated carbocycles. The molecule has 0 spiro atoms. The minimum Gasteiger partial charge on any atom is -0.396 e. The Balaban J connectivity index is 1.72. The minimum absolute atomic E-state index is 0.181. The molecule has 3 heterocycles. The van der Waals surface area contributed by atoms with Crippen LogP contribution in [0.25, 0.3) is 28.0 Å². The normalized spacial score (nSPS) is 14.3. The highest BCUT2D eigenvalue weighted by Gasteiger charge is 2.22. The average Bonchev–Trinajstić information content (AvgIpc) is 3.43. The summed E-state index contributed by atoms with van der Waals surface area (Å²) in [7, 11) is 0. The van der Waals surface area contributed by atoms with Crippen LogP contribution in [-0.2, 0) is 0 Å². The standard InChI is InChI=1S/C26H28ClFN6/c1-15(2)30-23-14-17(27)13-22-24(25(33-34(22)23)16-7-9-18(28)10-8-16)21-12-11-20(29)26(32-21)31-19-5-3-4-6-19/h7-15,19,30H,3-6,29H2,1-2H3,(H,31,32). The maximum absolute atomic E-state index is 13.7. The lowest BCUT2D eigenvalue weighted by molar-refractivity contribution is 0.628. The number of fused-ring (bicyclic) bond motifs is 1. The van der Waals surface area contributed by atoms with Crippen molar-refractivity contribution in [2.75, 3.05) is 16.4 Å². The number of hydrogen-bond donors (Lipinski definition) is 3. The quantitative estimate of drug-likeness (QED) is 0.290. The zero-order chi connectivity index (χ0) is 23.8. The molecule has 0 saturated heterocycles. The van der Waals surface area contributed by atoms with Crippen LogP contribution < -0.4 is 16.4 Å². The minimum atomic E-state index is -0.298. The molecule has 6 nitrogen and oxygen atoms in total. The van der Waals surface area contributed by atoms with Gasteiger partial charge in [0.2, 0.25) is 0 Å². The number of halogens is 2. The highest BCUT2D eigenvalue weighted by atomic mass is 35.5. The largest absolute Gasteiger partial charge is 0.396 e. The SMILES string of the molecule is CC(C)Nc1cc(Cl)cc2c(-c3ccc(N)c(NC4CCCC4)n3)c(-c3ccc(F)cc3)nn12. The van der Waals surface area contributed by atoms with Crippen LogP contribution in [0.3, 0.4) is 0 Å². The molecule has 3 aromatic heterocycles. The van der Waals surface area contributed by atoms with Gasteiger partial charge in [0.05, 0.1) is 22.5 Å². The van der Waals surface area contributed by atoms with Gasteiger partial charge in [-0.15, -0.1) is 0 Å². The molecule has 0 bridgehead atoms. The molecule has 1 aliphatic rings. The fourth-order valence-electron chi connectivity index (χ4n) is 4.56. The summed E-state index contributed by atoms with van der Waals surface area (Å²) in [4.78, 5) is 4.93. The predicted octanol–water partition coefficient (Wildman–Crippen LogP) is 6.61. The van der Waals surface area contributed by atoms with Crippen LogP contribution in [0.15, 0.2) is 48.5 Å². The monoisotopic (exact) mass is 478 g/mol. The number of aromatic nitrogens is 3. The molecule has 1 aromatic carbocycles. The second-order valence-electron chi connectivity index (χ2n) is 9.15. The van der Waals surface area contributed by atoms with Gasteiger partial charge in [0, 0.05) is 22.7 Å². The topological polar surface area (TPSA) is 80.3 Å². The van der Waals surface area contributed by atoms with Crippen molar-refractivity contribution >= 4 is 34.4 Å². The molecule has 5 rings (SSSR count). The van der Waals surface area contributed by atoms with Gasteiger partial charge in [-0.3, -0.25) is 0 Å². The maximum atomic E-state index is 13.7. The summed E-state index contributed by atoms with van der Waals surface area (Å²) in [6, 6.07) is 14.4. The van der Waals surface area contributed by atoms with Gasteiger partial charge < -0.3 is 16.4 Å². The van der Waals surface area contributed by atoms with Gasteiger partial charge in [0.15, 0.2) is 0 Å². The molecule has 176 valence electrons. The molecule has 1 aliphatic carbocycles. The second-order valence-corrected chi connectivity index (χ2v) is 9.58. The number of nitrogens with two attached hydrogens (primary N) is 1. The summed E-state index contributed by atoms with van der Waals surface area (Å²) in [5, 5.41) is 12.4. The number of anilines is 3. The van der Waals surface area contributed by atoms with Gasteiger partial charge in [-0.1, -0.05) is 24.4 Å². The van der Waals surface area contributed by atoms with E-state index in [-0.39, 0.29) is 11.9 Å². The second kappa shape index (κ2) is 9.14. The lowest BCUT2D eigenvalue weighted by Crippen LogP contribution is -2.17. The number of rotatable bonds is 6. The molecule has 0 aliphatic heterocycles. The van der Waals surface area contributed by atoms with Gasteiger partial charge in [0.25, 0.3) is 0 Å². The van der Waals surface area contributed by atoms with E-state index in [9.17, 15) is 4.39 Å². The third-order valence-electron chi connectivity index (χ3n) is 6.13. The van der Waals surface area contributed by atoms with Crippen LogP contribution in [0.1, 0.15) is 39.5 Å². The molecule has 4 aromatic rings. The maximum Gasteiger partial charge on any atom is 0.150 e. The zero-order valence-corrected chi connectivity index (χ0v) is 20.0. The fraction of sp³-hybridized carbons (Fsp3) is 0.308. The third-order valence-corrected chi connectivity index (χ3v) is 6.35. The molecule has 8 heteroatoms. The molecule has 0 atom stereocenters. The van der Waals surface area contributed by atoms with E-state index in [1.807, 2.05) is 28.8 Å². The lowest BCUT2D eigenvalue weighted by Gasteiger charge is -2.16. The summed E-state index contributed by atoms with van der Waals surface area (Å²) in [5.74, 6) is 1.15. The number of nitrogen functional groups attached to an aromatic ring is 1. The average molecular weight is 479 g/mol. The van der Waals surface area contributed by atoms with E-state index < -0.39 is 0 Å². The number of benzene rings is 1. The van der Waals surface area contributed by atoms with Crippen molar-refractivity contribution in [1.82, 2.24) is 14.6 Å². The van der Waals surface area contributed by atoms with E-state index in [0.717, 1.165) is 41.0 Å². The molecule has 0 amide bonds. The van der Waals surface area contributed by atoms with Crippen LogP contribution in [0.2, 0.25) is 5.02 Å². The number of pyridine rings is 2. The molecular formula is C26H28ClFN6. The Kier molecular flexibility index (Phi) is 6.04. The molecular weight excluding hydrogens is 451 g/mol. The highest BCUT2D eigenvalue weighted by Crippen LogP contribution is 2.38. The Bertz CT molecular complexity index is 1330. The van der Waals surface area contributed by atoms with Crippen molar-refractivity contribution in [3.63, 3.8) is 0 Å². The van der Waals surface area contributed by atoms with Crippen molar-refractivity contribution in [3.8, 4) is 22.5 Å². The van der Waals surface area contributed by atoms with Crippen molar-refractivity contribution in [2.45, 2.75) is 51.6 Å². The van der Waals surface area contributed by atoms with Gasteiger partial charge >= 0.3 is 0 Å². The summed E-state index contributed by atoms with van der Waals surface area (Å²) in [6.07, 6.45) is 4.65. The third kappa shape index (κ3) is 4.40. The lowest BCUT2D eigenvalue weighted by atomic mass is 10.0. The summed E-state index contributed by atoms with van der Waals surface area (Å²) < 4.78 is 15.5. The first-order valence-corrected chi connectivity index (χ1v) is 12.0. The van der Waals surface area contributed by atoms with E-state index >= 15 is 0 Å². The first-order valence-electron chi connectivity index (χ1n) is 11.7. The van der Waals surface area contributed by atoms with Crippen LogP contribution in [-0.4, -0.2) is 26.7 Å². The summed E-state index contributed by atoms with van der Waals surface area (Å²) >= 11 is 6.53. The van der Waals surface area contributed by atoms with Crippen LogP contribution >= 0.6 is 11.6 Å². The molecule has 0 radical (unpaired) electrons. The Labute approximate surface area is 203 Å². The van der Waals surface area contributed by atoms with Crippen molar-refractivity contribution < 1.29 is 4.39 Å². The van der Waals surface area contributed by atoms with Gasteiger partial charge in [-0.05, 0) is 75.2 Å². The fourth-order valence-corrected chi connectivity index (χ4v) is 4.77. The predicted molar refractivity (Wildman–Crippen MR) is 138 cm³/mol. The summed E-state index contributed by atoms with van der Waals surface area (Å²) in [6.45, 7) is 4.11. The van der Waals surface area contributed by atoms with E-state index in [2.05, 4.69) is 24.5 Å². The number of hydrogen-bond acceptors (Lipinski definition) is 5. The highest BCUT2D eigenvalue weighted by molar-refractivity contribution is 6.31. The van der Waals surface area contributed by atoms with Crippen LogP contribution in [0.5, 0.6) is 0 Å². The Hall–Kier alpha value is -3.32. The van der Waals surface area contributed by atoms with Gasteiger partial charge in [-0.25, -0.2) is 13.9 Å². The molecule has 34 heavy (non-hydrogen) atoms. The Morgan fingerprint density at radius 3 is 2.53 bits per heavy atom. The molecule has 4 N–H and O–H groups in total. The Morgan fingerprint density at radius 1 is 1.09 bits per heavy atom. The zero-order valence-electron chi connectivity index (χ0n) is 19.3. The number of nitrogens with zero attached hydrogens (tertiary/aromatic N) is 3. The molecule has 1 fully saturated rings. The Morgan fingerprint density at radius 2 is 1.82 bits per heavy atom. The van der Waals surface area contributed by atoms with Crippen molar-refractivity contribution in [1.29, 1.82) is 0 Å². The first kappa shape index (κ1) is 22.5. The number of nitrogens with one attached hydrogen (secondary N) is 2. The van der Waals surface area contributed by atoms with Gasteiger partial charge in [-0.2, -0.15) is 5.10 Å². The van der Waals surface area contributed by atoms with Crippen LogP contribution in [0.4, 0.5) is 21.7 Å². The van der Waals surface area contributed by atoms with E-state index in [0.29, 0.717) is 28.3 Å². The van der Waals surface area contributed by atoms with Crippen LogP contribution in [0, 0.1) is 5.82 Å². The molecule has 0 unspecified atom stereocenters. The van der Waals surface area contributed by atoms with Crippen molar-refractivity contribution in [2.24, 2.45) is 0 Å². The smallest absolute Gasteiger partial charge is 0.150 e. The van der Waals surface area contributed by atoms with E-state index in [1.165, 1.54) is 25.0 Å². The van der Waals surface area contributed by atoms with Crippen molar-refractivity contribution in [3.05, 3.63) is 59.4 Å². The van der Waals surface area contributed by atoms with E-state index in [1.54, 1.807) is 12.1 Å².